The number of benzene rings is 1. The predicted molar refractivity (Wildman–Crippen MR) is 108 cm³/mol. The summed E-state index contributed by atoms with van der Waals surface area (Å²) in [6.45, 7) is 0. The van der Waals surface area contributed by atoms with Crippen LogP contribution in [0.25, 0.3) is 0 Å². The second-order valence-electron chi connectivity index (χ2n) is 7.61. The Labute approximate surface area is 173 Å². The van der Waals surface area contributed by atoms with Crippen LogP contribution in [0.2, 0.25) is 5.02 Å². The summed E-state index contributed by atoms with van der Waals surface area (Å²) in [6, 6.07) is 9.50. The van der Waals surface area contributed by atoms with Crippen LogP contribution >= 0.6 is 11.6 Å². The number of carbonyl (C=O) groups excluding carboxylic acids is 3. The number of carbonyl (C=O) groups is 3. The highest BCUT2D eigenvalue weighted by Gasteiger charge is 2.47. The lowest BCUT2D eigenvalue weighted by molar-refractivity contribution is -0.126. The molecule has 29 heavy (non-hydrogen) atoms. The number of hydrazine groups is 1. The average molecular weight is 415 g/mol. The zero-order valence-corrected chi connectivity index (χ0v) is 16.6. The quantitative estimate of drug-likeness (QED) is 0.674. The van der Waals surface area contributed by atoms with E-state index < -0.39 is 11.9 Å². The third kappa shape index (κ3) is 4.00. The number of aromatic amines is 1. The van der Waals surface area contributed by atoms with E-state index in [0.717, 1.165) is 25.7 Å². The summed E-state index contributed by atoms with van der Waals surface area (Å²) >= 11 is 6.06. The lowest BCUT2D eigenvalue weighted by Crippen LogP contribution is -2.53. The number of aromatic nitrogens is 1. The summed E-state index contributed by atoms with van der Waals surface area (Å²) < 4.78 is 0. The number of H-pyrrole nitrogens is 1. The molecule has 3 unspecified atom stereocenters. The van der Waals surface area contributed by atoms with Crippen molar-refractivity contribution < 1.29 is 14.4 Å². The molecule has 4 rings (SSSR count). The fourth-order valence-electron chi connectivity index (χ4n) is 4.50. The molecule has 1 saturated heterocycles. The summed E-state index contributed by atoms with van der Waals surface area (Å²) in [5.41, 5.74) is 5.73. The van der Waals surface area contributed by atoms with Gasteiger partial charge in [0.15, 0.2) is 0 Å². The minimum atomic E-state index is -0.626. The Bertz CT molecular complexity index is 914. The standard InChI is InChI=1S/C21H23ClN4O3/c22-15-7-3-6-14(11-15)21(29)26-17-9-2-1-5-13(17)12-18(26)20(28)25-24-19(27)16-8-4-10-23-16/h3-4,6-8,10-11,13,17-18,23H,1-2,5,9,12H2,(H,24,27)(H,25,28). The number of nitrogens with zero attached hydrogens (tertiary/aromatic N) is 1. The molecule has 1 aliphatic carbocycles. The van der Waals surface area contributed by atoms with Gasteiger partial charge in [-0.25, -0.2) is 0 Å². The van der Waals surface area contributed by atoms with Gasteiger partial charge in [-0.15, -0.1) is 0 Å². The van der Waals surface area contributed by atoms with E-state index in [1.165, 1.54) is 0 Å². The van der Waals surface area contributed by atoms with Gasteiger partial charge in [0.2, 0.25) is 0 Å². The van der Waals surface area contributed by atoms with Crippen molar-refractivity contribution in [2.24, 2.45) is 5.92 Å². The molecular formula is C21H23ClN4O3. The highest BCUT2D eigenvalue weighted by molar-refractivity contribution is 6.31. The molecule has 1 aromatic heterocycles. The number of fused-ring (bicyclic) bond motifs is 1. The van der Waals surface area contributed by atoms with Crippen molar-refractivity contribution in [2.75, 3.05) is 0 Å². The third-order valence-electron chi connectivity index (χ3n) is 5.84. The molecule has 0 spiro atoms. The van der Waals surface area contributed by atoms with Crippen molar-refractivity contribution in [3.63, 3.8) is 0 Å². The minimum Gasteiger partial charge on any atom is -0.357 e. The zero-order valence-electron chi connectivity index (χ0n) is 15.9. The van der Waals surface area contributed by atoms with Crippen molar-refractivity contribution in [3.05, 3.63) is 58.9 Å². The van der Waals surface area contributed by atoms with E-state index >= 15 is 0 Å². The topological polar surface area (TPSA) is 94.3 Å². The van der Waals surface area contributed by atoms with Crippen LogP contribution in [-0.2, 0) is 4.79 Å². The van der Waals surface area contributed by atoms with E-state index in [1.807, 2.05) is 0 Å². The largest absolute Gasteiger partial charge is 0.357 e. The van der Waals surface area contributed by atoms with E-state index in [-0.39, 0.29) is 17.9 Å². The number of hydrogen-bond acceptors (Lipinski definition) is 3. The Kier molecular flexibility index (Phi) is 5.58. The first-order chi connectivity index (χ1) is 14.0. The maximum Gasteiger partial charge on any atom is 0.286 e. The van der Waals surface area contributed by atoms with Crippen LogP contribution in [0.15, 0.2) is 42.6 Å². The molecule has 152 valence electrons. The smallest absolute Gasteiger partial charge is 0.286 e. The first-order valence-electron chi connectivity index (χ1n) is 9.86. The Morgan fingerprint density at radius 2 is 1.90 bits per heavy atom. The molecular weight excluding hydrogens is 392 g/mol. The van der Waals surface area contributed by atoms with E-state index in [9.17, 15) is 14.4 Å². The fourth-order valence-corrected chi connectivity index (χ4v) is 4.69. The SMILES string of the molecule is O=C(NNC(=O)C1CC2CCCCC2N1C(=O)c1cccc(Cl)c1)c1ccc[nH]1. The van der Waals surface area contributed by atoms with Crippen LogP contribution in [0, 0.1) is 5.92 Å². The van der Waals surface area contributed by atoms with Crippen LogP contribution in [-0.4, -0.2) is 39.7 Å². The van der Waals surface area contributed by atoms with Crippen LogP contribution in [0.3, 0.4) is 0 Å². The van der Waals surface area contributed by atoms with Gasteiger partial charge in [0.05, 0.1) is 0 Å². The molecule has 1 aliphatic heterocycles. The van der Waals surface area contributed by atoms with Gasteiger partial charge < -0.3 is 9.88 Å². The van der Waals surface area contributed by atoms with E-state index in [0.29, 0.717) is 28.6 Å². The van der Waals surface area contributed by atoms with Gasteiger partial charge in [-0.05, 0) is 55.5 Å². The van der Waals surface area contributed by atoms with E-state index in [1.54, 1.807) is 47.5 Å². The zero-order chi connectivity index (χ0) is 20.4. The van der Waals surface area contributed by atoms with Gasteiger partial charge in [0.1, 0.15) is 11.7 Å². The highest BCUT2D eigenvalue weighted by atomic mass is 35.5. The van der Waals surface area contributed by atoms with E-state index in [2.05, 4.69) is 15.8 Å². The van der Waals surface area contributed by atoms with Crippen molar-refractivity contribution >= 4 is 29.3 Å². The van der Waals surface area contributed by atoms with Crippen LogP contribution in [0.4, 0.5) is 0 Å². The number of amides is 3. The summed E-state index contributed by atoms with van der Waals surface area (Å²) in [5.74, 6) is -0.722. The lowest BCUT2D eigenvalue weighted by atomic mass is 9.84. The van der Waals surface area contributed by atoms with Crippen molar-refractivity contribution in [2.45, 2.75) is 44.2 Å². The lowest BCUT2D eigenvalue weighted by Gasteiger charge is -2.33. The molecule has 2 aliphatic rings. The summed E-state index contributed by atoms with van der Waals surface area (Å²) in [5, 5.41) is 0.481. The molecule has 1 saturated carbocycles. The molecule has 1 aromatic carbocycles. The molecule has 2 fully saturated rings. The van der Waals surface area contributed by atoms with Gasteiger partial charge in [-0.3, -0.25) is 25.2 Å². The summed E-state index contributed by atoms with van der Waals surface area (Å²) in [4.78, 5) is 42.8. The molecule has 0 radical (unpaired) electrons. The van der Waals surface area contributed by atoms with Gasteiger partial charge in [0.25, 0.3) is 17.7 Å². The van der Waals surface area contributed by atoms with Gasteiger partial charge in [-0.1, -0.05) is 30.5 Å². The normalized spacial score (nSPS) is 23.3. The van der Waals surface area contributed by atoms with Gasteiger partial charge in [0, 0.05) is 22.8 Å². The molecule has 7 nitrogen and oxygen atoms in total. The fraction of sp³-hybridized carbons (Fsp3) is 0.381. The van der Waals surface area contributed by atoms with Crippen LogP contribution in [0.5, 0.6) is 0 Å². The Hall–Kier alpha value is -2.80. The van der Waals surface area contributed by atoms with Gasteiger partial charge in [-0.2, -0.15) is 0 Å². The molecule has 3 amide bonds. The molecule has 0 bridgehead atoms. The number of likely N-dealkylation sites (tertiary alicyclic amines) is 1. The molecule has 2 aromatic rings. The van der Waals surface area contributed by atoms with Crippen LogP contribution in [0.1, 0.15) is 53.0 Å². The molecule has 3 N–H and O–H groups in total. The second kappa shape index (κ2) is 8.29. The first-order valence-corrected chi connectivity index (χ1v) is 10.2. The molecule has 2 heterocycles. The second-order valence-corrected chi connectivity index (χ2v) is 8.05. The predicted octanol–water partition coefficient (Wildman–Crippen LogP) is 2.90. The minimum absolute atomic E-state index is 0.0325. The molecule has 3 atom stereocenters. The number of nitrogens with one attached hydrogen (secondary N) is 3. The monoisotopic (exact) mass is 414 g/mol. The Morgan fingerprint density at radius 1 is 1.07 bits per heavy atom. The van der Waals surface area contributed by atoms with Crippen molar-refractivity contribution in [1.29, 1.82) is 0 Å². The van der Waals surface area contributed by atoms with Crippen LogP contribution < -0.4 is 10.9 Å². The Morgan fingerprint density at radius 3 is 2.66 bits per heavy atom. The number of hydrogen-bond donors (Lipinski definition) is 3. The Balaban J connectivity index is 1.52. The van der Waals surface area contributed by atoms with Crippen molar-refractivity contribution in [1.82, 2.24) is 20.7 Å². The maximum atomic E-state index is 13.3. The third-order valence-corrected chi connectivity index (χ3v) is 6.07. The number of halogens is 1. The van der Waals surface area contributed by atoms with Gasteiger partial charge >= 0.3 is 0 Å². The summed E-state index contributed by atoms with van der Waals surface area (Å²) in [6.07, 6.45) is 6.26. The number of rotatable bonds is 3. The average Bonchev–Trinajstić information content (AvgIpc) is 3.39. The highest BCUT2D eigenvalue weighted by Crippen LogP contribution is 2.40. The maximum absolute atomic E-state index is 13.3. The summed E-state index contributed by atoms with van der Waals surface area (Å²) in [7, 11) is 0. The van der Waals surface area contributed by atoms with Crippen molar-refractivity contribution in [3.8, 4) is 0 Å². The van der Waals surface area contributed by atoms with E-state index in [4.69, 9.17) is 11.6 Å². The first kappa shape index (κ1) is 19.5. The molecule has 8 heteroatoms.